The first kappa shape index (κ1) is 21.7. The zero-order valence-electron chi connectivity index (χ0n) is 17.0. The van der Waals surface area contributed by atoms with Gasteiger partial charge in [-0.1, -0.05) is 36.7 Å². The van der Waals surface area contributed by atoms with Gasteiger partial charge in [0.15, 0.2) is 0 Å². The van der Waals surface area contributed by atoms with Crippen LogP contribution in [0.2, 0.25) is 5.02 Å². The van der Waals surface area contributed by atoms with Crippen LogP contribution >= 0.6 is 11.6 Å². The van der Waals surface area contributed by atoms with Crippen LogP contribution in [0, 0.1) is 18.7 Å². The smallest absolute Gasteiger partial charge is 0.257 e. The zero-order chi connectivity index (χ0) is 21.0. The molecule has 158 valence electrons. The van der Waals surface area contributed by atoms with Crippen molar-refractivity contribution < 1.29 is 18.4 Å². The minimum absolute atomic E-state index is 0.0723. The number of hydrogen-bond acceptors (Lipinski definition) is 5. The maximum Gasteiger partial charge on any atom is 0.257 e. The van der Waals surface area contributed by atoms with E-state index in [4.69, 9.17) is 20.9 Å². The molecule has 1 amide bonds. The predicted molar refractivity (Wildman–Crippen MR) is 110 cm³/mol. The Morgan fingerprint density at radius 1 is 1.34 bits per heavy atom. The van der Waals surface area contributed by atoms with E-state index in [-0.39, 0.29) is 33.8 Å². The molecule has 0 radical (unpaired) electrons. The van der Waals surface area contributed by atoms with Crippen LogP contribution in [0.3, 0.4) is 0 Å². The van der Waals surface area contributed by atoms with Crippen molar-refractivity contribution in [2.24, 2.45) is 5.92 Å². The van der Waals surface area contributed by atoms with Crippen molar-refractivity contribution in [2.45, 2.75) is 33.2 Å². The highest BCUT2D eigenvalue weighted by Gasteiger charge is 2.27. The largest absolute Gasteiger partial charge is 0.379 e. The number of amides is 1. The number of aromatic nitrogens is 1. The van der Waals surface area contributed by atoms with Gasteiger partial charge in [0.2, 0.25) is 0 Å². The van der Waals surface area contributed by atoms with Gasteiger partial charge in [-0.2, -0.15) is 0 Å². The standard InChI is InChI=1S/C21H27ClFN3O3/c1-13(2)11-15(26-7-9-28-10-8-26)12-24-21(27)18-14(3)29-25-20(18)19-16(22)5-4-6-17(19)23/h4-6,13,15H,7-12H2,1-3H3,(H,24,27). The average molecular weight is 424 g/mol. The summed E-state index contributed by atoms with van der Waals surface area (Å²) >= 11 is 6.16. The molecule has 1 unspecified atom stereocenters. The second-order valence-corrected chi connectivity index (χ2v) is 8.11. The molecule has 1 aromatic carbocycles. The Morgan fingerprint density at radius 3 is 2.72 bits per heavy atom. The summed E-state index contributed by atoms with van der Waals surface area (Å²) in [6, 6.07) is 4.54. The van der Waals surface area contributed by atoms with Crippen LogP contribution in [0.5, 0.6) is 0 Å². The summed E-state index contributed by atoms with van der Waals surface area (Å²) in [5, 5.41) is 7.08. The maximum absolute atomic E-state index is 14.4. The molecular weight excluding hydrogens is 397 g/mol. The molecule has 2 aromatic rings. The molecule has 1 N–H and O–H groups in total. The third-order valence-electron chi connectivity index (χ3n) is 5.09. The normalized spacial score (nSPS) is 16.2. The Hall–Kier alpha value is -1.96. The third-order valence-corrected chi connectivity index (χ3v) is 5.41. The first-order chi connectivity index (χ1) is 13.9. The van der Waals surface area contributed by atoms with Crippen molar-refractivity contribution in [2.75, 3.05) is 32.8 Å². The van der Waals surface area contributed by atoms with E-state index in [0.29, 0.717) is 31.4 Å². The summed E-state index contributed by atoms with van der Waals surface area (Å²) < 4.78 is 25.0. The molecule has 6 nitrogen and oxygen atoms in total. The van der Waals surface area contributed by atoms with Gasteiger partial charge < -0.3 is 14.6 Å². The van der Waals surface area contributed by atoms with Gasteiger partial charge in [-0.25, -0.2) is 4.39 Å². The Morgan fingerprint density at radius 2 is 2.07 bits per heavy atom. The van der Waals surface area contributed by atoms with Crippen molar-refractivity contribution in [3.8, 4) is 11.3 Å². The van der Waals surface area contributed by atoms with Crippen LogP contribution in [-0.2, 0) is 4.74 Å². The lowest BCUT2D eigenvalue weighted by Gasteiger charge is -2.35. The number of ether oxygens (including phenoxy) is 1. The van der Waals surface area contributed by atoms with Crippen molar-refractivity contribution in [1.82, 2.24) is 15.4 Å². The first-order valence-corrected chi connectivity index (χ1v) is 10.3. The molecule has 1 aliphatic rings. The Labute approximate surface area is 175 Å². The number of nitrogens with one attached hydrogen (secondary N) is 1. The third kappa shape index (κ3) is 5.15. The number of morpholine rings is 1. The highest BCUT2D eigenvalue weighted by atomic mass is 35.5. The van der Waals surface area contributed by atoms with E-state index in [1.54, 1.807) is 13.0 Å². The van der Waals surface area contributed by atoms with Gasteiger partial charge >= 0.3 is 0 Å². The zero-order valence-corrected chi connectivity index (χ0v) is 17.8. The van der Waals surface area contributed by atoms with Gasteiger partial charge in [-0.15, -0.1) is 0 Å². The van der Waals surface area contributed by atoms with E-state index in [1.807, 2.05) is 0 Å². The highest BCUT2D eigenvalue weighted by Crippen LogP contribution is 2.33. The molecule has 3 rings (SSSR count). The maximum atomic E-state index is 14.4. The van der Waals surface area contributed by atoms with E-state index in [2.05, 4.69) is 29.2 Å². The van der Waals surface area contributed by atoms with E-state index in [1.165, 1.54) is 12.1 Å². The number of halogens is 2. The lowest BCUT2D eigenvalue weighted by Crippen LogP contribution is -2.49. The predicted octanol–water partition coefficient (Wildman–Crippen LogP) is 3.92. The molecule has 1 aromatic heterocycles. The molecule has 1 aliphatic heterocycles. The van der Waals surface area contributed by atoms with Gasteiger partial charge in [0.25, 0.3) is 5.91 Å². The number of rotatable bonds is 7. The number of carbonyl (C=O) groups excluding carboxylic acids is 1. The molecule has 1 atom stereocenters. The summed E-state index contributed by atoms with van der Waals surface area (Å²) in [5.41, 5.74) is 0.403. The molecule has 29 heavy (non-hydrogen) atoms. The van der Waals surface area contributed by atoms with E-state index < -0.39 is 5.82 Å². The van der Waals surface area contributed by atoms with Crippen LogP contribution in [-0.4, -0.2) is 54.9 Å². The van der Waals surface area contributed by atoms with Crippen molar-refractivity contribution in [3.05, 3.63) is 40.4 Å². The fraction of sp³-hybridized carbons (Fsp3) is 0.524. The fourth-order valence-corrected chi connectivity index (χ4v) is 3.93. The van der Waals surface area contributed by atoms with Crippen molar-refractivity contribution in [3.63, 3.8) is 0 Å². The summed E-state index contributed by atoms with van der Waals surface area (Å²) in [7, 11) is 0. The van der Waals surface area contributed by atoms with Gasteiger partial charge in [-0.05, 0) is 31.4 Å². The lowest BCUT2D eigenvalue weighted by molar-refractivity contribution is 0.0124. The van der Waals surface area contributed by atoms with Crippen molar-refractivity contribution >= 4 is 17.5 Å². The average Bonchev–Trinajstić information content (AvgIpc) is 3.06. The molecule has 1 fully saturated rings. The second kappa shape index (κ2) is 9.69. The topological polar surface area (TPSA) is 67.6 Å². The molecule has 2 heterocycles. The lowest BCUT2D eigenvalue weighted by atomic mass is 10.0. The molecule has 0 bridgehead atoms. The van der Waals surface area contributed by atoms with Gasteiger partial charge in [-0.3, -0.25) is 9.69 Å². The van der Waals surface area contributed by atoms with E-state index in [9.17, 15) is 9.18 Å². The van der Waals surface area contributed by atoms with Crippen LogP contribution in [0.15, 0.2) is 22.7 Å². The molecule has 0 saturated carbocycles. The number of nitrogens with zero attached hydrogens (tertiary/aromatic N) is 2. The molecule has 0 spiro atoms. The van der Waals surface area contributed by atoms with E-state index in [0.717, 1.165) is 19.5 Å². The van der Waals surface area contributed by atoms with Crippen LogP contribution in [0.25, 0.3) is 11.3 Å². The summed E-state index contributed by atoms with van der Waals surface area (Å²) in [4.78, 5) is 15.3. The van der Waals surface area contributed by atoms with Crippen molar-refractivity contribution in [1.29, 1.82) is 0 Å². The summed E-state index contributed by atoms with van der Waals surface area (Å²) in [6.45, 7) is 9.52. The SMILES string of the molecule is Cc1onc(-c2c(F)cccc2Cl)c1C(=O)NCC(CC(C)C)N1CCOCC1. The van der Waals surface area contributed by atoms with Crippen LogP contribution < -0.4 is 5.32 Å². The summed E-state index contributed by atoms with van der Waals surface area (Å²) in [5.74, 6) is -0.0839. The second-order valence-electron chi connectivity index (χ2n) is 7.70. The Balaban J connectivity index is 1.79. The molecule has 0 aliphatic carbocycles. The van der Waals surface area contributed by atoms with Crippen LogP contribution in [0.4, 0.5) is 4.39 Å². The Bertz CT molecular complexity index is 829. The highest BCUT2D eigenvalue weighted by molar-refractivity contribution is 6.33. The number of aryl methyl sites for hydroxylation is 1. The minimum Gasteiger partial charge on any atom is -0.379 e. The first-order valence-electron chi connectivity index (χ1n) is 9.89. The summed E-state index contributed by atoms with van der Waals surface area (Å²) in [6.07, 6.45) is 0.953. The number of benzene rings is 1. The molecule has 1 saturated heterocycles. The number of hydrogen-bond donors (Lipinski definition) is 1. The quantitative estimate of drug-likeness (QED) is 0.731. The molecule has 8 heteroatoms. The number of carbonyl (C=O) groups is 1. The van der Waals surface area contributed by atoms with Gasteiger partial charge in [0.05, 0.1) is 23.8 Å². The van der Waals surface area contributed by atoms with E-state index >= 15 is 0 Å². The van der Waals surface area contributed by atoms with Crippen LogP contribution in [0.1, 0.15) is 36.4 Å². The minimum atomic E-state index is -0.550. The monoisotopic (exact) mass is 423 g/mol. The van der Waals surface area contributed by atoms with Gasteiger partial charge in [0, 0.05) is 25.7 Å². The Kier molecular flexibility index (Phi) is 7.27. The fourth-order valence-electron chi connectivity index (χ4n) is 3.68. The van der Waals surface area contributed by atoms with Gasteiger partial charge in [0.1, 0.15) is 22.8 Å². The molecular formula is C21H27ClFN3O3.